The molecule has 0 bridgehead atoms. The first-order valence-electron chi connectivity index (χ1n) is 23.9. The second-order valence-electron chi connectivity index (χ2n) is 17.3. The fourth-order valence-electron chi connectivity index (χ4n) is 6.80. The molecule has 1 fully saturated rings. The Labute approximate surface area is 429 Å². The topological polar surface area (TPSA) is 364 Å². The predicted octanol–water partition coefficient (Wildman–Crippen LogP) is 6.15. The highest BCUT2D eigenvalue weighted by atomic mass is 32.2. The Bertz CT molecular complexity index is 2340. The van der Waals surface area contributed by atoms with Crippen molar-refractivity contribution < 1.29 is 80.5 Å². The number of ether oxygens (including phenoxy) is 1. The van der Waals surface area contributed by atoms with E-state index in [0.717, 1.165) is 99.6 Å². The smallest absolute Gasteiger partial charge is 0.386 e. The number of aliphatic hydroxyl groups excluding tert-OH is 2. The van der Waals surface area contributed by atoms with Gasteiger partial charge in [0.1, 0.15) is 36.3 Å². The fraction of sp³-hybridized carbons (Fsp3) is 0.600. The van der Waals surface area contributed by atoms with E-state index >= 15 is 0 Å². The third kappa shape index (κ3) is 25.1. The molecular formula is C45H72N7O17P3S. The minimum atomic E-state index is -5.58. The van der Waals surface area contributed by atoms with E-state index < -0.39 is 84.6 Å². The van der Waals surface area contributed by atoms with E-state index in [1.807, 2.05) is 0 Å². The Balaban J connectivity index is 1.25. The summed E-state index contributed by atoms with van der Waals surface area (Å²) in [6.07, 6.45) is 26.4. The van der Waals surface area contributed by atoms with Crippen LogP contribution in [-0.4, -0.2) is 123 Å². The van der Waals surface area contributed by atoms with Gasteiger partial charge in [0.2, 0.25) is 11.8 Å². The van der Waals surface area contributed by atoms with Crippen molar-refractivity contribution in [1.82, 2.24) is 30.2 Å². The monoisotopic (exact) mass is 1110 g/mol. The van der Waals surface area contributed by atoms with E-state index in [0.29, 0.717) is 12.2 Å². The summed E-state index contributed by atoms with van der Waals surface area (Å²) in [6.45, 7) is 2.67. The largest absolute Gasteiger partial charge is 0.481 e. The Morgan fingerprint density at radius 1 is 0.836 bits per heavy atom. The summed E-state index contributed by atoms with van der Waals surface area (Å²) < 4.78 is 62.5. The average Bonchev–Trinajstić information content (AvgIpc) is 3.88. The van der Waals surface area contributed by atoms with E-state index in [-0.39, 0.29) is 41.6 Å². The number of nitrogens with zero attached hydrogens (tertiary/aromatic N) is 4. The normalized spacial score (nSPS) is 20.0. The number of carbonyl (C=O) groups excluding carboxylic acids is 3. The number of amides is 2. The van der Waals surface area contributed by atoms with Crippen LogP contribution in [0.15, 0.2) is 73.4 Å². The van der Waals surface area contributed by atoms with Crippen LogP contribution in [0, 0.1) is 5.41 Å². The van der Waals surface area contributed by atoms with Crippen molar-refractivity contribution in [3.63, 3.8) is 0 Å². The summed E-state index contributed by atoms with van der Waals surface area (Å²) in [5.41, 5.74) is 4.28. The number of hydrogen-bond donors (Lipinski definition) is 9. The molecule has 3 rings (SSSR count). The van der Waals surface area contributed by atoms with Gasteiger partial charge in [-0.25, -0.2) is 28.6 Å². The summed E-state index contributed by atoms with van der Waals surface area (Å²) in [7, 11) is -16.4. The maximum Gasteiger partial charge on any atom is 0.481 e. The van der Waals surface area contributed by atoms with Gasteiger partial charge >= 0.3 is 23.5 Å². The Hall–Kier alpha value is -3.74. The second kappa shape index (κ2) is 32.6. The minimum absolute atomic E-state index is 0.0311. The molecule has 10 N–H and O–H groups in total. The van der Waals surface area contributed by atoms with Gasteiger partial charge in [-0.15, -0.1) is 0 Å². The number of allylic oxidation sites excluding steroid dienone is 10. The number of imidazole rings is 1. The van der Waals surface area contributed by atoms with Crippen LogP contribution in [0.2, 0.25) is 0 Å². The minimum Gasteiger partial charge on any atom is -0.386 e. The van der Waals surface area contributed by atoms with Crippen molar-refractivity contribution in [1.29, 1.82) is 0 Å². The lowest BCUT2D eigenvalue weighted by Gasteiger charge is -2.30. The molecular weight excluding hydrogens is 1040 g/mol. The number of nitrogens with one attached hydrogen (secondary N) is 2. The number of phosphoric ester groups is 3. The molecule has 0 spiro atoms. The summed E-state index contributed by atoms with van der Waals surface area (Å²) in [5.74, 6) is -1.06. The van der Waals surface area contributed by atoms with Gasteiger partial charge in [0.05, 0.1) is 19.5 Å². The Kier molecular flexibility index (Phi) is 28.4. The number of nitrogens with two attached hydrogens (primary N) is 1. The average molecular weight is 1110 g/mol. The molecule has 28 heteroatoms. The summed E-state index contributed by atoms with van der Waals surface area (Å²) in [4.78, 5) is 88.5. The lowest BCUT2D eigenvalue weighted by Crippen LogP contribution is -2.46. The first kappa shape index (κ1) is 63.6. The number of unbranched alkanes of at least 4 members (excludes halogenated alkanes) is 5. The molecule has 0 saturated carbocycles. The zero-order valence-corrected chi connectivity index (χ0v) is 44.8. The van der Waals surface area contributed by atoms with Gasteiger partial charge in [0.25, 0.3) is 0 Å². The molecule has 73 heavy (non-hydrogen) atoms. The number of carbonyl (C=O) groups is 3. The number of nitrogen functional groups attached to an aromatic ring is 1. The van der Waals surface area contributed by atoms with Crippen LogP contribution >= 0.6 is 35.2 Å². The third-order valence-electron chi connectivity index (χ3n) is 10.7. The molecule has 0 radical (unpaired) electrons. The van der Waals surface area contributed by atoms with Crippen LogP contribution in [0.5, 0.6) is 0 Å². The highest BCUT2D eigenvalue weighted by molar-refractivity contribution is 8.13. The molecule has 2 aromatic heterocycles. The van der Waals surface area contributed by atoms with Gasteiger partial charge < -0.3 is 50.9 Å². The number of anilines is 1. The van der Waals surface area contributed by atoms with Crippen LogP contribution in [0.25, 0.3) is 11.2 Å². The van der Waals surface area contributed by atoms with Crippen LogP contribution in [0.3, 0.4) is 0 Å². The molecule has 410 valence electrons. The molecule has 0 aromatic carbocycles. The first-order chi connectivity index (χ1) is 34.6. The molecule has 1 aliphatic rings. The lowest BCUT2D eigenvalue weighted by molar-refractivity contribution is -0.137. The summed E-state index contributed by atoms with van der Waals surface area (Å²) in [6, 6.07) is 0. The van der Waals surface area contributed by atoms with Crippen LogP contribution in [0.1, 0.15) is 110 Å². The molecule has 7 unspecified atom stereocenters. The van der Waals surface area contributed by atoms with Gasteiger partial charge in [-0.05, 0) is 51.4 Å². The van der Waals surface area contributed by atoms with Crippen molar-refractivity contribution in [3.8, 4) is 0 Å². The van der Waals surface area contributed by atoms with E-state index in [1.165, 1.54) is 13.8 Å². The van der Waals surface area contributed by atoms with Gasteiger partial charge in [-0.3, -0.25) is 32.5 Å². The van der Waals surface area contributed by atoms with Gasteiger partial charge in [0, 0.05) is 37.1 Å². The molecule has 3 heterocycles. The third-order valence-corrected chi connectivity index (χ3v) is 14.7. The van der Waals surface area contributed by atoms with Crippen LogP contribution < -0.4 is 16.4 Å². The zero-order valence-electron chi connectivity index (χ0n) is 41.3. The van der Waals surface area contributed by atoms with Gasteiger partial charge in [0.15, 0.2) is 22.8 Å². The quantitative estimate of drug-likeness (QED) is 0.0210. The number of fused-ring (bicyclic) bond motifs is 1. The molecule has 0 aliphatic carbocycles. The maximum atomic E-state index is 12.8. The molecule has 2 amide bonds. The highest BCUT2D eigenvalue weighted by Crippen LogP contribution is 2.61. The van der Waals surface area contributed by atoms with E-state index in [9.17, 15) is 57.9 Å². The Morgan fingerprint density at radius 2 is 1.44 bits per heavy atom. The predicted molar refractivity (Wildman–Crippen MR) is 274 cm³/mol. The molecule has 1 saturated heterocycles. The van der Waals surface area contributed by atoms with E-state index in [1.54, 1.807) is 0 Å². The van der Waals surface area contributed by atoms with Gasteiger partial charge in [-0.2, -0.15) is 4.31 Å². The number of aliphatic hydroxyl groups is 2. The number of phosphoric acid groups is 3. The maximum absolute atomic E-state index is 12.8. The number of aromatic nitrogens is 4. The SMILES string of the molecule is CC/C=C/C/C=C/C/C=C/C/C=C/C/C=C/CCCCCCCC(=O)SCCNC(=O)CCNC(=O)C(O)C(C)(C)COP(=O)(O)OP(=O)(O)OCC1OC(n2cnc3c(N)ncnc32)C(O)C1OP(=O)(O)O. The van der Waals surface area contributed by atoms with Crippen LogP contribution in [0.4, 0.5) is 5.82 Å². The Morgan fingerprint density at radius 3 is 2.08 bits per heavy atom. The number of thioether (sulfide) groups is 1. The second-order valence-corrected chi connectivity index (χ2v) is 22.7. The van der Waals surface area contributed by atoms with Crippen LogP contribution in [-0.2, 0) is 50.7 Å². The zero-order chi connectivity index (χ0) is 53.9. The van der Waals surface area contributed by atoms with E-state index in [4.69, 9.17) is 19.5 Å². The van der Waals surface area contributed by atoms with Crippen molar-refractivity contribution in [2.75, 3.05) is 37.8 Å². The van der Waals surface area contributed by atoms with Crippen molar-refractivity contribution in [2.24, 2.45) is 5.41 Å². The molecule has 1 aliphatic heterocycles. The molecule has 2 aromatic rings. The lowest BCUT2D eigenvalue weighted by atomic mass is 9.87. The fourth-order valence-corrected chi connectivity index (χ4v) is 10.3. The van der Waals surface area contributed by atoms with E-state index in [2.05, 4.69) is 102 Å². The number of hydrogen-bond acceptors (Lipinski definition) is 18. The van der Waals surface area contributed by atoms with Crippen molar-refractivity contribution in [2.45, 2.75) is 135 Å². The van der Waals surface area contributed by atoms with Gasteiger partial charge in [-0.1, -0.05) is 113 Å². The molecule has 7 atom stereocenters. The summed E-state index contributed by atoms with van der Waals surface area (Å²) in [5, 5.41) is 26.7. The highest BCUT2D eigenvalue weighted by Gasteiger charge is 2.50. The standard InChI is InChI=1S/C45H72N7O17P3S/c1-4-5-6-7-8-9-10-11-12-13-14-15-16-17-18-19-20-21-22-23-24-25-36(54)73-29-28-47-35(53)26-27-48-43(57)40(56)45(2,3)31-66-72(63,64)69-71(61,62)65-30-34-39(68-70(58,59)60)38(55)44(67-34)52-33-51-37-41(46)49-32-50-42(37)52/h5-6,8-9,11-12,14-15,17-18,32-34,38-40,44,55-56H,4,7,10,13,16,19-31H2,1-3H3,(H,47,53)(H,48,57)(H,61,62)(H,63,64)(H2,46,49,50)(H2,58,59,60)/b6-5+,9-8+,12-11+,15-14+,18-17+. The number of rotatable bonds is 36. The van der Waals surface area contributed by atoms with Crippen molar-refractivity contribution >= 4 is 69.1 Å². The first-order valence-corrected chi connectivity index (χ1v) is 29.4. The summed E-state index contributed by atoms with van der Waals surface area (Å²) >= 11 is 1.14. The van der Waals surface area contributed by atoms with Crippen molar-refractivity contribution in [3.05, 3.63) is 73.4 Å². The molecule has 24 nitrogen and oxygen atoms in total.